The lowest BCUT2D eigenvalue weighted by atomic mass is 10.1. The molecule has 1 amide bonds. The molecule has 0 unspecified atom stereocenters. The molecule has 0 aliphatic carbocycles. The van der Waals surface area contributed by atoms with Gasteiger partial charge in [0.05, 0.1) is 10.6 Å². The molecule has 3 aromatic rings. The lowest BCUT2D eigenvalue weighted by Crippen LogP contribution is -2.25. The molecule has 0 saturated carbocycles. The molecule has 0 bridgehead atoms. The fourth-order valence-electron chi connectivity index (χ4n) is 3.46. The van der Waals surface area contributed by atoms with E-state index in [0.717, 1.165) is 42.3 Å². The van der Waals surface area contributed by atoms with Gasteiger partial charge in [0.25, 0.3) is 5.91 Å². The van der Waals surface area contributed by atoms with Crippen LogP contribution in [0.5, 0.6) is 5.75 Å². The Kier molecular flexibility index (Phi) is 5.73. The van der Waals surface area contributed by atoms with Gasteiger partial charge >= 0.3 is 0 Å². The molecule has 6 nitrogen and oxygen atoms in total. The number of amides is 1. The van der Waals surface area contributed by atoms with Crippen molar-refractivity contribution in [2.45, 2.75) is 12.8 Å². The Morgan fingerprint density at radius 3 is 2.82 bits per heavy atom. The van der Waals surface area contributed by atoms with E-state index in [1.807, 2.05) is 53.5 Å². The molecular formula is C21H24N4O2S. The van der Waals surface area contributed by atoms with Gasteiger partial charge in [0, 0.05) is 31.0 Å². The van der Waals surface area contributed by atoms with E-state index >= 15 is 0 Å². The van der Waals surface area contributed by atoms with Gasteiger partial charge in [-0.15, -0.1) is 11.3 Å². The third kappa shape index (κ3) is 4.26. The molecule has 1 aliphatic rings. The van der Waals surface area contributed by atoms with Crippen molar-refractivity contribution >= 4 is 22.9 Å². The summed E-state index contributed by atoms with van der Waals surface area (Å²) in [5, 5.41) is 9.14. The predicted molar refractivity (Wildman–Crippen MR) is 112 cm³/mol. The van der Waals surface area contributed by atoms with Crippen LogP contribution in [0.25, 0.3) is 11.3 Å². The van der Waals surface area contributed by atoms with Crippen LogP contribution in [-0.4, -0.2) is 46.8 Å². The smallest absolute Gasteiger partial charge is 0.265 e. The zero-order valence-electron chi connectivity index (χ0n) is 15.9. The highest BCUT2D eigenvalue weighted by molar-refractivity contribution is 7.12. The first-order chi connectivity index (χ1) is 13.7. The van der Waals surface area contributed by atoms with E-state index in [9.17, 15) is 4.79 Å². The van der Waals surface area contributed by atoms with Crippen molar-refractivity contribution in [2.75, 3.05) is 31.6 Å². The maximum absolute atomic E-state index is 12.4. The molecule has 1 saturated heterocycles. The summed E-state index contributed by atoms with van der Waals surface area (Å²) in [6.07, 6.45) is 4.32. The molecule has 7 heteroatoms. The zero-order chi connectivity index (χ0) is 19.3. The number of rotatable bonds is 7. The average molecular weight is 397 g/mol. The molecule has 4 rings (SSSR count). The second-order valence-corrected chi connectivity index (χ2v) is 7.83. The number of ether oxygens (including phenoxy) is 1. The minimum absolute atomic E-state index is 0.103. The SMILES string of the molecule is Cn1nccc1-c1cc(NC(=O)c2cccs2)ccc1OCCN1CCCC1. The van der Waals surface area contributed by atoms with Gasteiger partial charge in [0.1, 0.15) is 12.4 Å². The first kappa shape index (κ1) is 18.7. The van der Waals surface area contributed by atoms with Crippen molar-refractivity contribution in [1.82, 2.24) is 14.7 Å². The van der Waals surface area contributed by atoms with E-state index < -0.39 is 0 Å². The maximum atomic E-state index is 12.4. The van der Waals surface area contributed by atoms with Crippen LogP contribution in [0, 0.1) is 0 Å². The number of aryl methyl sites for hydroxylation is 1. The molecule has 3 heterocycles. The molecule has 1 fully saturated rings. The monoisotopic (exact) mass is 396 g/mol. The number of benzene rings is 1. The number of nitrogens with one attached hydrogen (secondary N) is 1. The van der Waals surface area contributed by atoms with Crippen LogP contribution in [0.15, 0.2) is 48.0 Å². The number of likely N-dealkylation sites (tertiary alicyclic amines) is 1. The second-order valence-electron chi connectivity index (χ2n) is 6.88. The van der Waals surface area contributed by atoms with Crippen LogP contribution in [0.2, 0.25) is 0 Å². The van der Waals surface area contributed by atoms with Gasteiger partial charge in [-0.3, -0.25) is 14.4 Å². The number of nitrogens with zero attached hydrogens (tertiary/aromatic N) is 3. The topological polar surface area (TPSA) is 59.4 Å². The fourth-order valence-corrected chi connectivity index (χ4v) is 4.08. The van der Waals surface area contributed by atoms with E-state index in [2.05, 4.69) is 15.3 Å². The summed E-state index contributed by atoms with van der Waals surface area (Å²) < 4.78 is 7.93. The van der Waals surface area contributed by atoms with Crippen molar-refractivity contribution in [2.24, 2.45) is 7.05 Å². The van der Waals surface area contributed by atoms with E-state index in [1.165, 1.54) is 24.2 Å². The summed E-state index contributed by atoms with van der Waals surface area (Å²) in [5.74, 6) is 0.700. The molecule has 0 atom stereocenters. The van der Waals surface area contributed by atoms with Crippen LogP contribution in [0.4, 0.5) is 5.69 Å². The van der Waals surface area contributed by atoms with Crippen LogP contribution in [0.1, 0.15) is 22.5 Å². The summed E-state index contributed by atoms with van der Waals surface area (Å²) in [4.78, 5) is 15.5. The van der Waals surface area contributed by atoms with Crippen molar-refractivity contribution in [3.63, 3.8) is 0 Å². The summed E-state index contributed by atoms with van der Waals surface area (Å²) in [6.45, 7) is 3.89. The van der Waals surface area contributed by atoms with Crippen molar-refractivity contribution in [3.8, 4) is 17.0 Å². The van der Waals surface area contributed by atoms with Crippen LogP contribution in [-0.2, 0) is 7.05 Å². The van der Waals surface area contributed by atoms with E-state index in [-0.39, 0.29) is 5.91 Å². The van der Waals surface area contributed by atoms with Crippen molar-refractivity contribution in [3.05, 3.63) is 52.9 Å². The van der Waals surface area contributed by atoms with E-state index in [1.54, 1.807) is 6.20 Å². The third-order valence-corrected chi connectivity index (χ3v) is 5.81. The Morgan fingerprint density at radius 2 is 2.11 bits per heavy atom. The third-order valence-electron chi connectivity index (χ3n) is 4.94. The molecule has 146 valence electrons. The minimum Gasteiger partial charge on any atom is -0.492 e. The zero-order valence-corrected chi connectivity index (χ0v) is 16.7. The minimum atomic E-state index is -0.103. The van der Waals surface area contributed by atoms with E-state index in [4.69, 9.17) is 4.74 Å². The molecule has 28 heavy (non-hydrogen) atoms. The molecule has 1 N–H and O–H groups in total. The van der Waals surface area contributed by atoms with Gasteiger partial charge in [-0.25, -0.2) is 0 Å². The number of anilines is 1. The lowest BCUT2D eigenvalue weighted by molar-refractivity contribution is 0.103. The highest BCUT2D eigenvalue weighted by Crippen LogP contribution is 2.32. The standard InChI is InChI=1S/C21H24N4O2S/c1-24-18(8-9-22-24)17-15-16(23-21(26)20-5-4-14-28-20)6-7-19(17)27-13-12-25-10-2-3-11-25/h4-9,14-15H,2-3,10-13H2,1H3,(H,23,26). The molecule has 1 aromatic carbocycles. The van der Waals surface area contributed by atoms with Gasteiger partial charge in [-0.2, -0.15) is 5.10 Å². The number of carbonyl (C=O) groups excluding carboxylic acids is 1. The van der Waals surface area contributed by atoms with Crippen LogP contribution < -0.4 is 10.1 Å². The Hall–Kier alpha value is -2.64. The maximum Gasteiger partial charge on any atom is 0.265 e. The van der Waals surface area contributed by atoms with Crippen LogP contribution >= 0.6 is 11.3 Å². The highest BCUT2D eigenvalue weighted by Gasteiger charge is 2.15. The number of aromatic nitrogens is 2. The highest BCUT2D eigenvalue weighted by atomic mass is 32.1. The van der Waals surface area contributed by atoms with Gasteiger partial charge in [0.15, 0.2) is 0 Å². The largest absolute Gasteiger partial charge is 0.492 e. The number of carbonyl (C=O) groups is 1. The van der Waals surface area contributed by atoms with Gasteiger partial charge in [0.2, 0.25) is 0 Å². The molecule has 0 spiro atoms. The molecule has 0 radical (unpaired) electrons. The van der Waals surface area contributed by atoms with Crippen LogP contribution in [0.3, 0.4) is 0 Å². The first-order valence-corrected chi connectivity index (χ1v) is 10.4. The van der Waals surface area contributed by atoms with Gasteiger partial charge < -0.3 is 10.1 Å². The normalized spacial score (nSPS) is 14.3. The Morgan fingerprint density at radius 1 is 1.25 bits per heavy atom. The predicted octanol–water partition coefficient (Wildman–Crippen LogP) is 3.88. The second kappa shape index (κ2) is 8.58. The lowest BCUT2D eigenvalue weighted by Gasteiger charge is -2.17. The molecule has 1 aliphatic heterocycles. The Labute approximate surface area is 168 Å². The van der Waals surface area contributed by atoms with Gasteiger partial charge in [-0.1, -0.05) is 6.07 Å². The fraction of sp³-hybridized carbons (Fsp3) is 0.333. The number of hydrogen-bond acceptors (Lipinski definition) is 5. The van der Waals surface area contributed by atoms with Gasteiger partial charge in [-0.05, 0) is 61.6 Å². The summed E-state index contributed by atoms with van der Waals surface area (Å²) in [5.41, 5.74) is 2.61. The Balaban J connectivity index is 1.53. The van der Waals surface area contributed by atoms with Crippen molar-refractivity contribution in [1.29, 1.82) is 0 Å². The summed E-state index contributed by atoms with van der Waals surface area (Å²) >= 11 is 1.43. The number of thiophene rings is 1. The quantitative estimate of drug-likeness (QED) is 0.659. The van der Waals surface area contributed by atoms with E-state index in [0.29, 0.717) is 11.5 Å². The first-order valence-electron chi connectivity index (χ1n) is 9.53. The Bertz CT molecular complexity index is 930. The average Bonchev–Trinajstić information content (AvgIpc) is 3.45. The summed E-state index contributed by atoms with van der Waals surface area (Å²) in [6, 6.07) is 11.4. The summed E-state index contributed by atoms with van der Waals surface area (Å²) in [7, 11) is 1.90. The molecular weight excluding hydrogens is 372 g/mol. The molecule has 2 aromatic heterocycles. The number of hydrogen-bond donors (Lipinski definition) is 1. The van der Waals surface area contributed by atoms with Crippen molar-refractivity contribution < 1.29 is 9.53 Å².